The minimum absolute atomic E-state index is 0.0106. The van der Waals surface area contributed by atoms with E-state index in [-0.39, 0.29) is 19.8 Å². The van der Waals surface area contributed by atoms with Crippen molar-refractivity contribution < 1.29 is 122 Å². The Morgan fingerprint density at radius 1 is 0.591 bits per heavy atom. The maximum Gasteiger partial charge on any atom is 0.430 e. The highest BCUT2D eigenvalue weighted by molar-refractivity contribution is 5.88. The molecule has 380 valence electrons. The van der Waals surface area contributed by atoms with Crippen LogP contribution in [0.2, 0.25) is 0 Å². The smallest absolute Gasteiger partial charge is 0.430 e. The molecule has 9 nitrogen and oxygen atoms in total. The van der Waals surface area contributed by atoms with E-state index >= 15 is 52.7 Å². The molecule has 0 aromatic carbocycles. The first-order valence-corrected chi connectivity index (χ1v) is 19.6. The normalized spacial score (nSPS) is 24.7. The Balaban J connectivity index is 2.35. The molecule has 6 unspecified atom stereocenters. The van der Waals surface area contributed by atoms with Crippen LogP contribution in [0, 0.1) is 11.8 Å². The van der Waals surface area contributed by atoms with Crippen molar-refractivity contribution in [2.75, 3.05) is 0 Å². The zero-order chi connectivity index (χ0) is 51.5. The molecule has 0 spiro atoms. The van der Waals surface area contributed by atoms with Crippen LogP contribution in [0.25, 0.3) is 0 Å². The summed E-state index contributed by atoms with van der Waals surface area (Å²) in [5.74, 6) is -10.6. The largest absolute Gasteiger partial charge is 0.455 e. The first kappa shape index (κ1) is 56.6. The third-order valence-electron chi connectivity index (χ3n) is 12.2. The molecular weight excluding hydrogens is 954 g/mol. The summed E-state index contributed by atoms with van der Waals surface area (Å²) >= 11 is 0. The van der Waals surface area contributed by atoms with E-state index in [4.69, 9.17) is 14.2 Å². The van der Waals surface area contributed by atoms with E-state index < -0.39 is 181 Å². The fourth-order valence-corrected chi connectivity index (χ4v) is 8.93. The highest BCUT2D eigenvalue weighted by Crippen LogP contribution is 2.63. The topological polar surface area (TPSA) is 118 Å². The van der Waals surface area contributed by atoms with Crippen LogP contribution in [0.15, 0.2) is 36.5 Å². The molecule has 0 aliphatic heterocycles. The third kappa shape index (κ3) is 9.75. The fourth-order valence-electron chi connectivity index (χ4n) is 8.93. The van der Waals surface area contributed by atoms with Gasteiger partial charge in [-0.2, -0.15) is 79.0 Å². The Morgan fingerprint density at radius 2 is 1.05 bits per heavy atom. The van der Waals surface area contributed by atoms with Gasteiger partial charge in [0.1, 0.15) is 0 Å². The van der Waals surface area contributed by atoms with Gasteiger partial charge in [0.25, 0.3) is 16.8 Å². The van der Waals surface area contributed by atoms with Gasteiger partial charge in [-0.25, -0.2) is 14.4 Å². The number of carbonyl (C=O) groups is 3. The van der Waals surface area contributed by atoms with Crippen LogP contribution < -0.4 is 0 Å². The van der Waals surface area contributed by atoms with E-state index in [2.05, 4.69) is 29.2 Å². The number of esters is 3. The summed E-state index contributed by atoms with van der Waals surface area (Å²) in [6, 6.07) is 0. The van der Waals surface area contributed by atoms with Gasteiger partial charge in [-0.05, 0) is 78.6 Å². The number of hydrogen-bond donors (Lipinski definition) is 1. The zero-order valence-corrected chi connectivity index (χ0v) is 35.1. The predicted molar refractivity (Wildman–Crippen MR) is 187 cm³/mol. The molecule has 0 saturated heterocycles. The average Bonchev–Trinajstić information content (AvgIpc) is 3.91. The van der Waals surface area contributed by atoms with Crippen molar-refractivity contribution in [1.29, 1.82) is 0 Å². The van der Waals surface area contributed by atoms with E-state index in [1.807, 2.05) is 0 Å². The SMILES string of the molecule is C=C(C)C(=O)OC(C1CCCC1)C(OC1CCC(C(C)(OC(=O)C(=C)C)C(OC2CCC(OC(=O)C(=C)C)(C(O)(C(F)(F)F)C(F)(F)F)C2)(C(F)(F)F)C(F)(F)F)C1)(C(F)(F)F)C(F)(F)F. The molecule has 0 heterocycles. The van der Waals surface area contributed by atoms with Crippen molar-refractivity contribution in [3.05, 3.63) is 36.5 Å². The fraction of sp³-hybridized carbons (Fsp3) is 0.769. The lowest BCUT2D eigenvalue weighted by molar-refractivity contribution is -0.439. The van der Waals surface area contributed by atoms with Gasteiger partial charge in [-0.1, -0.05) is 32.6 Å². The summed E-state index contributed by atoms with van der Waals surface area (Å²) in [4.78, 5) is 38.0. The number of ether oxygens (including phenoxy) is 5. The van der Waals surface area contributed by atoms with E-state index in [9.17, 15) is 45.8 Å². The van der Waals surface area contributed by atoms with E-state index in [0.29, 0.717) is 13.8 Å². The van der Waals surface area contributed by atoms with Gasteiger partial charge in [0.2, 0.25) is 0 Å². The molecule has 6 atom stereocenters. The molecule has 3 fully saturated rings. The number of rotatable bonds is 15. The Labute approximate surface area is 363 Å². The summed E-state index contributed by atoms with van der Waals surface area (Å²) in [5, 5.41) is 10.4. The summed E-state index contributed by atoms with van der Waals surface area (Å²) in [6.07, 6.45) is -62.1. The Morgan fingerprint density at radius 3 is 1.44 bits per heavy atom. The van der Waals surface area contributed by atoms with Crippen molar-refractivity contribution in [2.24, 2.45) is 11.8 Å². The maximum atomic E-state index is 15.6. The molecule has 3 aliphatic rings. The zero-order valence-electron chi connectivity index (χ0n) is 35.1. The number of hydrogen-bond acceptors (Lipinski definition) is 9. The number of aliphatic hydroxyl groups is 1. The van der Waals surface area contributed by atoms with Gasteiger partial charge >= 0.3 is 55.0 Å². The molecule has 0 aromatic rings. The number of carbonyl (C=O) groups excluding carboxylic acids is 3. The third-order valence-corrected chi connectivity index (χ3v) is 12.2. The van der Waals surface area contributed by atoms with Crippen LogP contribution >= 0.6 is 0 Å². The number of halogens is 18. The van der Waals surface area contributed by atoms with Crippen LogP contribution in [0.4, 0.5) is 79.0 Å². The Kier molecular flexibility index (Phi) is 15.7. The van der Waals surface area contributed by atoms with E-state index in [0.717, 1.165) is 6.92 Å². The second-order valence-electron chi connectivity index (χ2n) is 16.9. The minimum atomic E-state index is -7.09. The lowest BCUT2D eigenvalue weighted by Crippen LogP contribution is -2.75. The van der Waals surface area contributed by atoms with Crippen LogP contribution in [-0.2, 0) is 38.1 Å². The van der Waals surface area contributed by atoms with Crippen LogP contribution in [-0.4, -0.2) is 106 Å². The Hall–Kier alpha value is -3.75. The second-order valence-corrected chi connectivity index (χ2v) is 16.9. The quantitative estimate of drug-likeness (QED) is 0.0741. The highest BCUT2D eigenvalue weighted by atomic mass is 19.4. The van der Waals surface area contributed by atoms with Crippen molar-refractivity contribution in [1.82, 2.24) is 0 Å². The van der Waals surface area contributed by atoms with Gasteiger partial charge < -0.3 is 28.8 Å². The average molecular weight is 999 g/mol. The summed E-state index contributed by atoms with van der Waals surface area (Å²) in [5.41, 5.74) is -29.7. The van der Waals surface area contributed by atoms with Gasteiger partial charge in [-0.3, -0.25) is 0 Å². The molecule has 3 rings (SSSR count). The van der Waals surface area contributed by atoms with E-state index in [1.54, 1.807) is 0 Å². The van der Waals surface area contributed by atoms with Crippen molar-refractivity contribution in [2.45, 2.75) is 175 Å². The summed E-state index contributed by atoms with van der Waals surface area (Å²) in [6.45, 7) is 11.0. The van der Waals surface area contributed by atoms with Crippen LogP contribution in [0.5, 0.6) is 0 Å². The summed E-state index contributed by atoms with van der Waals surface area (Å²) in [7, 11) is 0. The molecule has 0 radical (unpaired) electrons. The molecule has 1 N–H and O–H groups in total. The molecule has 0 amide bonds. The van der Waals surface area contributed by atoms with E-state index in [1.165, 1.54) is 0 Å². The predicted octanol–water partition coefficient (Wildman–Crippen LogP) is 10.7. The summed E-state index contributed by atoms with van der Waals surface area (Å²) < 4.78 is 294. The number of alkyl halides is 18. The highest BCUT2D eigenvalue weighted by Gasteiger charge is 2.87. The molecule has 27 heteroatoms. The van der Waals surface area contributed by atoms with Crippen LogP contribution in [0.3, 0.4) is 0 Å². The lowest BCUT2D eigenvalue weighted by Gasteiger charge is -2.52. The minimum Gasteiger partial charge on any atom is -0.455 e. The molecule has 3 aliphatic carbocycles. The van der Waals surface area contributed by atoms with Gasteiger partial charge in [0, 0.05) is 29.1 Å². The van der Waals surface area contributed by atoms with Crippen molar-refractivity contribution in [3.8, 4) is 0 Å². The molecule has 0 bridgehead atoms. The molecule has 3 saturated carbocycles. The first-order chi connectivity index (χ1) is 29.4. The maximum absolute atomic E-state index is 15.6. The molecule has 66 heavy (non-hydrogen) atoms. The van der Waals surface area contributed by atoms with Gasteiger partial charge in [-0.15, -0.1) is 0 Å². The lowest BCUT2D eigenvalue weighted by atomic mass is 9.72. The monoisotopic (exact) mass is 998 g/mol. The standard InChI is InChI=1S/C39H44F18O9/c1-18(2)26(58)62-25(21-10-8-9-11-21)31(34(40,41)42,35(43,44)45)63-23-13-12-22(16-23)29(7,65-27(59)19(3)4)33(38(52,53)54,39(55,56)57)64-24-14-15-30(17-24,66-28(60)20(5)6)32(61,36(46,47)48)37(49,50)51/h21-25,61H,1,3,5,8-17H2,2,4,6-7H3. The van der Waals surface area contributed by atoms with Crippen molar-refractivity contribution in [3.63, 3.8) is 0 Å². The van der Waals surface area contributed by atoms with Gasteiger partial charge in [0.05, 0.1) is 12.2 Å². The molecular formula is C39H44F18O9. The second kappa shape index (κ2) is 18.3. The van der Waals surface area contributed by atoms with Gasteiger partial charge in [0.15, 0.2) is 17.3 Å². The van der Waals surface area contributed by atoms with Crippen LogP contribution in [0.1, 0.15) is 91.9 Å². The van der Waals surface area contributed by atoms with Crippen molar-refractivity contribution >= 4 is 17.9 Å². The Bertz CT molecular complexity index is 1810. The molecule has 0 aromatic heterocycles. The first-order valence-electron chi connectivity index (χ1n) is 19.6.